The molecule has 1 aromatic carbocycles. The van der Waals surface area contributed by atoms with Gasteiger partial charge in [0.2, 0.25) is 5.91 Å². The summed E-state index contributed by atoms with van der Waals surface area (Å²) >= 11 is 0. The number of benzene rings is 1. The zero-order valence-electron chi connectivity index (χ0n) is 10.2. The van der Waals surface area contributed by atoms with Crippen LogP contribution < -0.4 is 5.32 Å². The number of aromatic nitrogens is 3. The molecule has 7 nitrogen and oxygen atoms in total. The van der Waals surface area contributed by atoms with Crippen LogP contribution in [0.25, 0.3) is 11.4 Å². The predicted molar refractivity (Wildman–Crippen MR) is 67.4 cm³/mol. The second kappa shape index (κ2) is 5.30. The van der Waals surface area contributed by atoms with E-state index in [2.05, 4.69) is 20.5 Å². The van der Waals surface area contributed by atoms with Crippen molar-refractivity contribution in [3.05, 3.63) is 30.1 Å². The number of carbonyl (C=O) groups excluding carboxylic acids is 1. The van der Waals surface area contributed by atoms with E-state index in [1.807, 2.05) is 0 Å². The van der Waals surface area contributed by atoms with Crippen LogP contribution in [0.3, 0.4) is 0 Å². The molecule has 0 unspecified atom stereocenters. The summed E-state index contributed by atoms with van der Waals surface area (Å²) in [6.45, 7) is 1.79. The molecule has 19 heavy (non-hydrogen) atoms. The largest absolute Gasteiger partial charge is 0.481 e. The van der Waals surface area contributed by atoms with Crippen LogP contribution in [0.4, 0.5) is 5.69 Å². The Labute approximate surface area is 108 Å². The molecule has 0 fully saturated rings. The first-order valence-corrected chi connectivity index (χ1v) is 5.55. The van der Waals surface area contributed by atoms with Crippen LogP contribution >= 0.6 is 0 Å². The second-order valence-electron chi connectivity index (χ2n) is 3.94. The van der Waals surface area contributed by atoms with Gasteiger partial charge in [-0.2, -0.15) is 5.10 Å². The van der Waals surface area contributed by atoms with E-state index < -0.39 is 18.3 Å². The van der Waals surface area contributed by atoms with E-state index in [9.17, 15) is 9.59 Å². The highest BCUT2D eigenvalue weighted by molar-refractivity contribution is 6.01. The number of carboxylic acid groups (broad SMARTS) is 1. The number of rotatable bonds is 4. The lowest BCUT2D eigenvalue weighted by atomic mass is 10.2. The van der Waals surface area contributed by atoms with Gasteiger partial charge in [-0.3, -0.25) is 14.7 Å². The SMILES string of the molecule is Cc1nc(-c2cccc(NC(=O)CC(=O)O)c2)n[nH]1. The van der Waals surface area contributed by atoms with E-state index >= 15 is 0 Å². The molecule has 3 N–H and O–H groups in total. The number of hydrogen-bond donors (Lipinski definition) is 3. The molecule has 0 saturated heterocycles. The van der Waals surface area contributed by atoms with E-state index in [0.717, 1.165) is 5.56 Å². The first-order valence-electron chi connectivity index (χ1n) is 5.55. The summed E-state index contributed by atoms with van der Waals surface area (Å²) in [5, 5.41) is 17.8. The summed E-state index contributed by atoms with van der Waals surface area (Å²) in [5.41, 5.74) is 1.24. The van der Waals surface area contributed by atoms with Gasteiger partial charge in [-0.05, 0) is 19.1 Å². The Kier molecular flexibility index (Phi) is 3.56. The average molecular weight is 260 g/mol. The molecular weight excluding hydrogens is 248 g/mol. The van der Waals surface area contributed by atoms with Crippen LogP contribution in [0.15, 0.2) is 24.3 Å². The van der Waals surface area contributed by atoms with Crippen LogP contribution in [0, 0.1) is 6.92 Å². The lowest BCUT2D eigenvalue weighted by Crippen LogP contribution is -2.15. The van der Waals surface area contributed by atoms with Crippen molar-refractivity contribution in [2.24, 2.45) is 0 Å². The fourth-order valence-corrected chi connectivity index (χ4v) is 1.55. The van der Waals surface area contributed by atoms with Crippen molar-refractivity contribution in [3.63, 3.8) is 0 Å². The van der Waals surface area contributed by atoms with E-state index in [-0.39, 0.29) is 0 Å². The fourth-order valence-electron chi connectivity index (χ4n) is 1.55. The molecule has 0 aliphatic rings. The topological polar surface area (TPSA) is 108 Å². The molecule has 0 aliphatic carbocycles. The molecule has 0 spiro atoms. The maximum absolute atomic E-state index is 11.3. The number of hydrogen-bond acceptors (Lipinski definition) is 4. The summed E-state index contributed by atoms with van der Waals surface area (Å²) in [6.07, 6.45) is -0.565. The number of anilines is 1. The van der Waals surface area contributed by atoms with Crippen LogP contribution in [0.1, 0.15) is 12.2 Å². The molecule has 1 heterocycles. The first-order chi connectivity index (χ1) is 9.04. The van der Waals surface area contributed by atoms with E-state index in [4.69, 9.17) is 5.11 Å². The Bertz CT molecular complexity index is 621. The molecule has 0 atom stereocenters. The number of amides is 1. The van der Waals surface area contributed by atoms with Crippen LogP contribution in [0.5, 0.6) is 0 Å². The van der Waals surface area contributed by atoms with Gasteiger partial charge in [0.1, 0.15) is 12.2 Å². The molecule has 1 aromatic heterocycles. The molecule has 2 rings (SSSR count). The highest BCUT2D eigenvalue weighted by Gasteiger charge is 2.09. The van der Waals surface area contributed by atoms with Crippen molar-refractivity contribution in [2.75, 3.05) is 5.32 Å². The standard InChI is InChI=1S/C12H12N4O3/c1-7-13-12(16-15-7)8-3-2-4-9(5-8)14-10(17)6-11(18)19/h2-5H,6H2,1H3,(H,14,17)(H,18,19)(H,13,15,16). The van der Waals surface area contributed by atoms with Gasteiger partial charge in [0.25, 0.3) is 0 Å². The lowest BCUT2D eigenvalue weighted by molar-refractivity contribution is -0.139. The van der Waals surface area contributed by atoms with Gasteiger partial charge < -0.3 is 10.4 Å². The van der Waals surface area contributed by atoms with Gasteiger partial charge in [0.15, 0.2) is 5.82 Å². The molecule has 0 bridgehead atoms. The third-order valence-corrected chi connectivity index (χ3v) is 2.31. The predicted octanol–water partition coefficient (Wildman–Crippen LogP) is 1.19. The highest BCUT2D eigenvalue weighted by atomic mass is 16.4. The number of aliphatic carboxylic acids is 1. The normalized spacial score (nSPS) is 10.2. The minimum absolute atomic E-state index is 0.506. The van der Waals surface area contributed by atoms with Gasteiger partial charge in [0, 0.05) is 11.3 Å². The van der Waals surface area contributed by atoms with Crippen molar-refractivity contribution in [2.45, 2.75) is 13.3 Å². The van der Waals surface area contributed by atoms with E-state index in [1.54, 1.807) is 31.2 Å². The molecule has 98 valence electrons. The van der Waals surface area contributed by atoms with Crippen molar-refractivity contribution < 1.29 is 14.7 Å². The molecule has 0 aliphatic heterocycles. The molecule has 0 saturated carbocycles. The van der Waals surface area contributed by atoms with Gasteiger partial charge >= 0.3 is 5.97 Å². The Morgan fingerprint density at radius 1 is 1.42 bits per heavy atom. The van der Waals surface area contributed by atoms with Gasteiger partial charge in [-0.25, -0.2) is 4.98 Å². The number of aromatic amines is 1. The van der Waals surface area contributed by atoms with Crippen LogP contribution in [0.2, 0.25) is 0 Å². The average Bonchev–Trinajstić information content (AvgIpc) is 2.75. The Morgan fingerprint density at radius 3 is 2.84 bits per heavy atom. The maximum atomic E-state index is 11.3. The van der Waals surface area contributed by atoms with Crippen molar-refractivity contribution >= 4 is 17.6 Å². The number of nitrogens with one attached hydrogen (secondary N) is 2. The minimum Gasteiger partial charge on any atom is -0.481 e. The maximum Gasteiger partial charge on any atom is 0.312 e. The third kappa shape index (κ3) is 3.38. The number of aryl methyl sites for hydroxylation is 1. The van der Waals surface area contributed by atoms with Gasteiger partial charge in [0.05, 0.1) is 0 Å². The third-order valence-electron chi connectivity index (χ3n) is 2.31. The number of carboxylic acids is 1. The second-order valence-corrected chi connectivity index (χ2v) is 3.94. The summed E-state index contributed by atoms with van der Waals surface area (Å²) in [5.74, 6) is -0.531. The molecular formula is C12H12N4O3. The zero-order chi connectivity index (χ0) is 13.8. The lowest BCUT2D eigenvalue weighted by Gasteiger charge is -2.04. The first kappa shape index (κ1) is 12.7. The number of carbonyl (C=O) groups is 2. The molecule has 2 aromatic rings. The van der Waals surface area contributed by atoms with Gasteiger partial charge in [-0.15, -0.1) is 0 Å². The van der Waals surface area contributed by atoms with E-state index in [1.165, 1.54) is 0 Å². The summed E-state index contributed by atoms with van der Waals surface area (Å²) in [6, 6.07) is 6.89. The summed E-state index contributed by atoms with van der Waals surface area (Å²) in [7, 11) is 0. The van der Waals surface area contributed by atoms with Gasteiger partial charge in [-0.1, -0.05) is 12.1 Å². The summed E-state index contributed by atoms with van der Waals surface area (Å²) < 4.78 is 0. The van der Waals surface area contributed by atoms with Crippen LogP contribution in [-0.4, -0.2) is 32.2 Å². The monoisotopic (exact) mass is 260 g/mol. The quantitative estimate of drug-likeness (QED) is 0.716. The Morgan fingerprint density at radius 2 is 2.21 bits per heavy atom. The Hall–Kier alpha value is -2.70. The van der Waals surface area contributed by atoms with E-state index in [0.29, 0.717) is 17.3 Å². The van der Waals surface area contributed by atoms with Crippen LogP contribution in [-0.2, 0) is 9.59 Å². The fraction of sp³-hybridized carbons (Fsp3) is 0.167. The minimum atomic E-state index is -1.17. The zero-order valence-corrected chi connectivity index (χ0v) is 10.2. The Balaban J connectivity index is 2.15. The number of H-pyrrole nitrogens is 1. The van der Waals surface area contributed by atoms with Crippen molar-refractivity contribution in [1.82, 2.24) is 15.2 Å². The van der Waals surface area contributed by atoms with Crippen molar-refractivity contribution in [1.29, 1.82) is 0 Å². The van der Waals surface area contributed by atoms with Crippen molar-refractivity contribution in [3.8, 4) is 11.4 Å². The smallest absolute Gasteiger partial charge is 0.312 e. The highest BCUT2D eigenvalue weighted by Crippen LogP contribution is 2.19. The molecule has 0 radical (unpaired) electrons. The number of nitrogens with zero attached hydrogens (tertiary/aromatic N) is 2. The molecule has 7 heteroatoms. The molecule has 1 amide bonds. The summed E-state index contributed by atoms with van der Waals surface area (Å²) in [4.78, 5) is 25.9.